The molecule has 5 aromatic rings. The summed E-state index contributed by atoms with van der Waals surface area (Å²) in [6.45, 7) is 2.32. The maximum Gasteiger partial charge on any atom is 0.178 e. The zero-order valence-electron chi connectivity index (χ0n) is 24.3. The van der Waals surface area contributed by atoms with Crippen LogP contribution in [0.15, 0.2) is 127 Å². The maximum atomic E-state index is 6.80. The lowest BCUT2D eigenvalue weighted by molar-refractivity contribution is 0.0654. The Kier molecular flexibility index (Phi) is 6.27. The number of likely N-dealkylation sites (N-methyl/N-ethyl adjacent to an activating group) is 1. The van der Waals surface area contributed by atoms with Crippen LogP contribution in [0.5, 0.6) is 0 Å². The Morgan fingerprint density at radius 3 is 1.91 bits per heavy atom. The Balaban J connectivity index is 1.24. The second-order valence-electron chi connectivity index (χ2n) is 11.7. The van der Waals surface area contributed by atoms with Crippen molar-refractivity contribution in [2.45, 2.75) is 38.0 Å². The summed E-state index contributed by atoms with van der Waals surface area (Å²) in [6, 6.07) is 37.8. The first-order valence-corrected chi connectivity index (χ1v) is 15.0. The highest BCUT2D eigenvalue weighted by Gasteiger charge is 2.43. The van der Waals surface area contributed by atoms with Gasteiger partial charge in [0.1, 0.15) is 5.76 Å². The molecule has 0 bridgehead atoms. The minimum absolute atomic E-state index is 0.0819. The number of rotatable bonds is 4. The van der Waals surface area contributed by atoms with Gasteiger partial charge in [0.25, 0.3) is 0 Å². The second-order valence-corrected chi connectivity index (χ2v) is 11.7. The van der Waals surface area contributed by atoms with E-state index in [9.17, 15) is 0 Å². The van der Waals surface area contributed by atoms with Crippen molar-refractivity contribution >= 4 is 5.57 Å². The highest BCUT2D eigenvalue weighted by atomic mass is 16.5. The van der Waals surface area contributed by atoms with E-state index in [-0.39, 0.29) is 12.3 Å². The predicted molar refractivity (Wildman–Crippen MR) is 171 cm³/mol. The van der Waals surface area contributed by atoms with Crippen molar-refractivity contribution in [3.05, 3.63) is 143 Å². The van der Waals surface area contributed by atoms with Crippen LogP contribution >= 0.6 is 0 Å². The van der Waals surface area contributed by atoms with Gasteiger partial charge in [-0.25, -0.2) is 15.0 Å². The summed E-state index contributed by atoms with van der Waals surface area (Å²) in [5.41, 5.74) is 9.38. The summed E-state index contributed by atoms with van der Waals surface area (Å²) in [6.07, 6.45) is 4.33. The first-order valence-electron chi connectivity index (χ1n) is 15.0. The first kappa shape index (κ1) is 25.8. The van der Waals surface area contributed by atoms with Crippen molar-refractivity contribution < 1.29 is 4.74 Å². The van der Waals surface area contributed by atoms with Crippen molar-refractivity contribution in [3.8, 4) is 34.2 Å². The molecule has 0 saturated carbocycles. The van der Waals surface area contributed by atoms with E-state index < -0.39 is 0 Å². The molecule has 0 radical (unpaired) electrons. The fourth-order valence-corrected chi connectivity index (χ4v) is 6.77. The Hall–Kier alpha value is -4.87. The average Bonchev–Trinajstić information content (AvgIpc) is 3.41. The average molecular weight is 561 g/mol. The lowest BCUT2D eigenvalue weighted by Gasteiger charge is -2.33. The van der Waals surface area contributed by atoms with E-state index >= 15 is 0 Å². The van der Waals surface area contributed by atoms with Crippen LogP contribution < -0.4 is 0 Å². The fraction of sp³-hybridized carbons (Fsp3) is 0.184. The fourth-order valence-electron chi connectivity index (χ4n) is 6.77. The zero-order valence-corrected chi connectivity index (χ0v) is 24.3. The number of allylic oxidation sites excluding steroid dienone is 2. The topological polar surface area (TPSA) is 51.1 Å². The summed E-state index contributed by atoms with van der Waals surface area (Å²) >= 11 is 0. The molecule has 3 atom stereocenters. The van der Waals surface area contributed by atoms with Crippen molar-refractivity contribution in [1.82, 2.24) is 19.9 Å². The Bertz CT molecular complexity index is 1820. The van der Waals surface area contributed by atoms with Gasteiger partial charge in [-0.05, 0) is 48.6 Å². The molecule has 8 rings (SSSR count). The minimum Gasteiger partial charge on any atom is -0.473 e. The van der Waals surface area contributed by atoms with E-state index in [1.165, 1.54) is 27.8 Å². The smallest absolute Gasteiger partial charge is 0.178 e. The highest BCUT2D eigenvalue weighted by molar-refractivity contribution is 5.87. The SMILES string of the molecule is CC1CC2=CCC3C(=C2c2ccc(-c4nc(-c5ccccc5)nc(-c5ccccc5)n4)cc21)OC(c1ccccc1)N3C. The molecule has 3 aliphatic rings. The van der Waals surface area contributed by atoms with E-state index in [0.29, 0.717) is 23.4 Å². The summed E-state index contributed by atoms with van der Waals surface area (Å²) in [5.74, 6) is 3.51. The Morgan fingerprint density at radius 2 is 1.28 bits per heavy atom. The second kappa shape index (κ2) is 10.4. The predicted octanol–water partition coefficient (Wildman–Crippen LogP) is 8.45. The van der Waals surface area contributed by atoms with Crippen LogP contribution in [0.2, 0.25) is 0 Å². The molecule has 3 unspecified atom stereocenters. The maximum absolute atomic E-state index is 6.80. The third-order valence-corrected chi connectivity index (χ3v) is 8.98. The molecule has 1 fully saturated rings. The summed E-state index contributed by atoms with van der Waals surface area (Å²) < 4.78 is 6.80. The van der Waals surface area contributed by atoms with Crippen molar-refractivity contribution in [2.75, 3.05) is 7.05 Å². The zero-order chi connectivity index (χ0) is 28.9. The lowest BCUT2D eigenvalue weighted by atomic mass is 9.74. The van der Waals surface area contributed by atoms with Gasteiger partial charge in [-0.3, -0.25) is 4.90 Å². The van der Waals surface area contributed by atoms with E-state index in [1.54, 1.807) is 0 Å². The molecule has 0 amide bonds. The van der Waals surface area contributed by atoms with Gasteiger partial charge in [-0.2, -0.15) is 0 Å². The third-order valence-electron chi connectivity index (χ3n) is 8.98. The standard InChI is InChI=1S/C38H32N4O/c1-24-22-28-19-21-32-34(43-38(42(32)2)27-16-10-5-11-17-27)33(28)30-20-18-29(23-31(24)30)37-40-35(25-12-6-3-7-13-25)39-36(41-37)26-14-8-4-9-15-26/h3-20,23-24,32,38H,21-22H2,1-2H3. The van der Waals surface area contributed by atoms with Gasteiger partial charge in [0.15, 0.2) is 23.7 Å². The van der Waals surface area contributed by atoms with Crippen LogP contribution in [0.4, 0.5) is 0 Å². The number of hydrogen-bond acceptors (Lipinski definition) is 5. The van der Waals surface area contributed by atoms with Gasteiger partial charge in [0.2, 0.25) is 0 Å². The summed E-state index contributed by atoms with van der Waals surface area (Å²) in [4.78, 5) is 17.2. The molecule has 4 aromatic carbocycles. The monoisotopic (exact) mass is 560 g/mol. The van der Waals surface area contributed by atoms with Crippen LogP contribution in [-0.2, 0) is 4.74 Å². The van der Waals surface area contributed by atoms with Gasteiger partial charge in [0, 0.05) is 27.8 Å². The van der Waals surface area contributed by atoms with E-state index in [2.05, 4.69) is 73.5 Å². The van der Waals surface area contributed by atoms with Gasteiger partial charge in [-0.1, -0.05) is 116 Å². The number of benzene rings is 4. The van der Waals surface area contributed by atoms with Crippen LogP contribution in [0, 0.1) is 0 Å². The van der Waals surface area contributed by atoms with E-state index in [0.717, 1.165) is 35.3 Å². The molecule has 2 heterocycles. The largest absolute Gasteiger partial charge is 0.473 e. The summed E-state index contributed by atoms with van der Waals surface area (Å²) in [7, 11) is 2.18. The van der Waals surface area contributed by atoms with Crippen LogP contribution in [0.1, 0.15) is 48.6 Å². The van der Waals surface area contributed by atoms with Crippen molar-refractivity contribution in [3.63, 3.8) is 0 Å². The van der Waals surface area contributed by atoms with Gasteiger partial charge in [-0.15, -0.1) is 0 Å². The molecule has 2 aliphatic carbocycles. The van der Waals surface area contributed by atoms with E-state index in [4.69, 9.17) is 19.7 Å². The molecule has 5 heteroatoms. The normalized spacial score (nSPS) is 21.0. The first-order chi connectivity index (χ1) is 21.1. The highest BCUT2D eigenvalue weighted by Crippen LogP contribution is 2.51. The molecule has 1 aromatic heterocycles. The lowest BCUT2D eigenvalue weighted by Crippen LogP contribution is -2.30. The third kappa shape index (κ3) is 4.48. The van der Waals surface area contributed by atoms with Gasteiger partial charge < -0.3 is 4.74 Å². The van der Waals surface area contributed by atoms with Crippen molar-refractivity contribution in [1.29, 1.82) is 0 Å². The molecule has 0 spiro atoms. The molecule has 5 nitrogen and oxygen atoms in total. The molecule has 0 N–H and O–H groups in total. The molecular formula is C38H32N4O. The number of fused-ring (bicyclic) bond motifs is 4. The molecule has 1 saturated heterocycles. The molecular weight excluding hydrogens is 528 g/mol. The molecule has 210 valence electrons. The van der Waals surface area contributed by atoms with Crippen LogP contribution in [-0.4, -0.2) is 32.9 Å². The van der Waals surface area contributed by atoms with Crippen molar-refractivity contribution in [2.24, 2.45) is 0 Å². The van der Waals surface area contributed by atoms with Gasteiger partial charge >= 0.3 is 0 Å². The summed E-state index contributed by atoms with van der Waals surface area (Å²) in [5, 5.41) is 0. The Labute approximate surface area is 252 Å². The minimum atomic E-state index is -0.0819. The molecule has 1 aliphatic heterocycles. The molecule has 43 heavy (non-hydrogen) atoms. The van der Waals surface area contributed by atoms with Crippen LogP contribution in [0.3, 0.4) is 0 Å². The number of ether oxygens (including phenoxy) is 1. The number of aromatic nitrogens is 3. The van der Waals surface area contributed by atoms with E-state index in [1.807, 2.05) is 60.7 Å². The van der Waals surface area contributed by atoms with Crippen LogP contribution in [0.25, 0.3) is 39.7 Å². The quantitative estimate of drug-likeness (QED) is 0.221. The number of nitrogens with zero attached hydrogens (tertiary/aromatic N) is 4. The Morgan fingerprint density at radius 1 is 0.698 bits per heavy atom. The van der Waals surface area contributed by atoms with Gasteiger partial charge in [0.05, 0.1) is 6.04 Å². The number of hydrogen-bond donors (Lipinski definition) is 0.